The van der Waals surface area contributed by atoms with E-state index in [-0.39, 0.29) is 6.85 Å². The van der Waals surface area contributed by atoms with Crippen LogP contribution in [0.5, 0.6) is 0 Å². The standard InChI is InChI=1S/C23H17BN2/c1-2-10-19(11-3-1)26-23-15-7-5-13-21(23)20-12-4-6-14-22(20)24(26)18-9-8-16-25-17-18/h1-17H. The first-order valence-electron chi connectivity index (χ1n) is 8.86. The van der Waals surface area contributed by atoms with Crippen LogP contribution < -0.4 is 15.7 Å². The Morgan fingerprint density at radius 1 is 0.654 bits per heavy atom. The van der Waals surface area contributed by atoms with Crippen LogP contribution in [0.25, 0.3) is 11.1 Å². The molecule has 0 unspecified atom stereocenters. The van der Waals surface area contributed by atoms with Crippen molar-refractivity contribution in [2.45, 2.75) is 0 Å². The third-order valence-corrected chi connectivity index (χ3v) is 5.00. The van der Waals surface area contributed by atoms with E-state index in [0.29, 0.717) is 0 Å². The van der Waals surface area contributed by atoms with E-state index < -0.39 is 0 Å². The van der Waals surface area contributed by atoms with Crippen molar-refractivity contribution in [3.8, 4) is 11.1 Å². The predicted octanol–water partition coefficient (Wildman–Crippen LogP) is 4.01. The summed E-state index contributed by atoms with van der Waals surface area (Å²) in [6.45, 7) is 0.0946. The minimum Gasteiger partial charge on any atom is -0.376 e. The predicted molar refractivity (Wildman–Crippen MR) is 110 cm³/mol. The maximum Gasteiger partial charge on any atom is 0.330 e. The maximum atomic E-state index is 4.39. The van der Waals surface area contributed by atoms with Crippen LogP contribution in [0.2, 0.25) is 0 Å². The Balaban J connectivity index is 1.83. The molecule has 1 aliphatic rings. The van der Waals surface area contributed by atoms with Crippen molar-refractivity contribution in [1.29, 1.82) is 0 Å². The van der Waals surface area contributed by atoms with Gasteiger partial charge in [-0.25, -0.2) is 0 Å². The van der Waals surface area contributed by atoms with E-state index in [1.54, 1.807) is 0 Å². The first kappa shape index (κ1) is 15.0. The lowest BCUT2D eigenvalue weighted by atomic mass is 9.46. The minimum atomic E-state index is 0.0946. The lowest BCUT2D eigenvalue weighted by Crippen LogP contribution is -2.57. The summed E-state index contributed by atoms with van der Waals surface area (Å²) < 4.78 is 0. The van der Waals surface area contributed by atoms with Crippen molar-refractivity contribution >= 4 is 29.1 Å². The highest BCUT2D eigenvalue weighted by molar-refractivity contribution is 6.90. The molecule has 0 atom stereocenters. The van der Waals surface area contributed by atoms with Gasteiger partial charge in [-0.3, -0.25) is 4.98 Å². The summed E-state index contributed by atoms with van der Waals surface area (Å²) in [5, 5.41) is 0. The lowest BCUT2D eigenvalue weighted by molar-refractivity contribution is 1.33. The number of pyridine rings is 1. The molecule has 0 bridgehead atoms. The molecule has 1 aromatic heterocycles. The SMILES string of the molecule is c1ccc(N2B(c3cccnc3)c3ccccc3-c3ccccc32)cc1. The van der Waals surface area contributed by atoms with Crippen molar-refractivity contribution in [2.75, 3.05) is 4.81 Å². The molecule has 4 aromatic rings. The third kappa shape index (κ3) is 2.32. The normalized spacial score (nSPS) is 12.5. The highest BCUT2D eigenvalue weighted by atomic mass is 15.1. The van der Waals surface area contributed by atoms with Gasteiger partial charge in [0, 0.05) is 29.3 Å². The van der Waals surface area contributed by atoms with Crippen molar-refractivity contribution < 1.29 is 0 Å². The Hall–Kier alpha value is -3.33. The van der Waals surface area contributed by atoms with Crippen molar-refractivity contribution in [3.63, 3.8) is 0 Å². The van der Waals surface area contributed by atoms with Gasteiger partial charge in [0.2, 0.25) is 0 Å². The lowest BCUT2D eigenvalue weighted by Gasteiger charge is -2.38. The fourth-order valence-electron chi connectivity index (χ4n) is 3.91. The van der Waals surface area contributed by atoms with Crippen LogP contribution in [0, 0.1) is 0 Å². The van der Waals surface area contributed by atoms with Crippen LogP contribution in [0.3, 0.4) is 0 Å². The molecule has 2 heterocycles. The zero-order valence-corrected chi connectivity index (χ0v) is 14.3. The fraction of sp³-hybridized carbons (Fsp3) is 0. The quantitative estimate of drug-likeness (QED) is 0.516. The second kappa shape index (κ2) is 6.19. The van der Waals surface area contributed by atoms with E-state index in [1.165, 1.54) is 33.4 Å². The number of para-hydroxylation sites is 2. The molecule has 0 saturated heterocycles. The van der Waals surface area contributed by atoms with Gasteiger partial charge in [-0.05, 0) is 40.8 Å². The molecule has 0 amide bonds. The molecule has 0 radical (unpaired) electrons. The monoisotopic (exact) mass is 332 g/mol. The van der Waals surface area contributed by atoms with Gasteiger partial charge in [0.1, 0.15) is 0 Å². The number of nitrogens with zero attached hydrogens (tertiary/aromatic N) is 2. The molecule has 3 aromatic carbocycles. The zero-order valence-electron chi connectivity index (χ0n) is 14.3. The fourth-order valence-corrected chi connectivity index (χ4v) is 3.91. The summed E-state index contributed by atoms with van der Waals surface area (Å²) in [6, 6.07) is 32.1. The molecule has 0 spiro atoms. The van der Waals surface area contributed by atoms with Crippen LogP contribution in [0.15, 0.2) is 103 Å². The number of anilines is 2. The van der Waals surface area contributed by atoms with E-state index >= 15 is 0 Å². The van der Waals surface area contributed by atoms with E-state index in [4.69, 9.17) is 0 Å². The van der Waals surface area contributed by atoms with Crippen LogP contribution in [-0.2, 0) is 0 Å². The molecule has 0 fully saturated rings. The first-order valence-corrected chi connectivity index (χ1v) is 8.86. The summed E-state index contributed by atoms with van der Waals surface area (Å²) in [6.07, 6.45) is 3.81. The second-order valence-corrected chi connectivity index (χ2v) is 6.50. The zero-order chi connectivity index (χ0) is 17.3. The maximum absolute atomic E-state index is 4.39. The largest absolute Gasteiger partial charge is 0.376 e. The average molecular weight is 332 g/mol. The Bertz CT molecular complexity index is 961. The van der Waals surface area contributed by atoms with Crippen molar-refractivity contribution in [2.24, 2.45) is 0 Å². The van der Waals surface area contributed by atoms with Gasteiger partial charge in [-0.1, -0.05) is 66.7 Å². The Labute approximate surface area is 153 Å². The van der Waals surface area contributed by atoms with Gasteiger partial charge in [-0.15, -0.1) is 0 Å². The topological polar surface area (TPSA) is 16.1 Å². The molecular formula is C23H17BN2. The number of aromatic nitrogens is 1. The molecule has 3 heteroatoms. The Morgan fingerprint density at radius 3 is 2.19 bits per heavy atom. The van der Waals surface area contributed by atoms with Crippen molar-refractivity contribution in [1.82, 2.24) is 4.98 Å². The molecule has 26 heavy (non-hydrogen) atoms. The number of rotatable bonds is 2. The van der Waals surface area contributed by atoms with Crippen LogP contribution in [-0.4, -0.2) is 11.8 Å². The van der Waals surface area contributed by atoms with Gasteiger partial charge < -0.3 is 4.81 Å². The minimum absolute atomic E-state index is 0.0946. The van der Waals surface area contributed by atoms with Crippen LogP contribution in [0.4, 0.5) is 11.4 Å². The van der Waals surface area contributed by atoms with Crippen LogP contribution >= 0.6 is 0 Å². The Morgan fingerprint density at radius 2 is 1.38 bits per heavy atom. The molecule has 1 aliphatic heterocycles. The number of benzene rings is 3. The third-order valence-electron chi connectivity index (χ3n) is 5.00. The number of hydrogen-bond acceptors (Lipinski definition) is 2. The summed E-state index contributed by atoms with van der Waals surface area (Å²) in [4.78, 5) is 6.82. The summed E-state index contributed by atoms with van der Waals surface area (Å²) in [7, 11) is 0. The number of fused-ring (bicyclic) bond motifs is 3. The van der Waals surface area contributed by atoms with E-state index in [1.807, 2.05) is 18.5 Å². The van der Waals surface area contributed by atoms with Crippen molar-refractivity contribution in [3.05, 3.63) is 103 Å². The summed E-state index contributed by atoms with van der Waals surface area (Å²) in [5.74, 6) is 0. The molecule has 122 valence electrons. The summed E-state index contributed by atoms with van der Waals surface area (Å²) >= 11 is 0. The van der Waals surface area contributed by atoms with E-state index in [0.717, 1.165) is 0 Å². The average Bonchev–Trinajstić information content (AvgIpc) is 2.74. The molecule has 2 nitrogen and oxygen atoms in total. The molecule has 0 saturated carbocycles. The van der Waals surface area contributed by atoms with E-state index in [9.17, 15) is 0 Å². The Kier molecular flexibility index (Phi) is 3.57. The van der Waals surface area contributed by atoms with E-state index in [2.05, 4.69) is 94.7 Å². The summed E-state index contributed by atoms with van der Waals surface area (Å²) in [5.41, 5.74) is 7.48. The highest BCUT2D eigenvalue weighted by Gasteiger charge is 2.36. The number of hydrogen-bond donors (Lipinski definition) is 0. The highest BCUT2D eigenvalue weighted by Crippen LogP contribution is 2.38. The van der Waals surface area contributed by atoms with Gasteiger partial charge in [0.05, 0.1) is 0 Å². The molecule has 0 N–H and O–H groups in total. The van der Waals surface area contributed by atoms with Gasteiger partial charge in [-0.2, -0.15) is 0 Å². The molecular weight excluding hydrogens is 315 g/mol. The first-order chi connectivity index (χ1) is 12.9. The van der Waals surface area contributed by atoms with Crippen LogP contribution in [0.1, 0.15) is 0 Å². The van der Waals surface area contributed by atoms with Gasteiger partial charge in [0.25, 0.3) is 0 Å². The van der Waals surface area contributed by atoms with Gasteiger partial charge in [0.15, 0.2) is 0 Å². The molecule has 0 aliphatic carbocycles. The van der Waals surface area contributed by atoms with Gasteiger partial charge >= 0.3 is 6.85 Å². The molecule has 5 rings (SSSR count). The smallest absolute Gasteiger partial charge is 0.330 e. The second-order valence-electron chi connectivity index (χ2n) is 6.50.